The van der Waals surface area contributed by atoms with Crippen molar-refractivity contribution in [1.82, 2.24) is 10.2 Å². The highest BCUT2D eigenvalue weighted by atomic mass is 79.9. The maximum Gasteiger partial charge on any atom is 0.244 e. The van der Waals surface area contributed by atoms with Crippen molar-refractivity contribution in [3.8, 4) is 11.5 Å². The van der Waals surface area contributed by atoms with Crippen molar-refractivity contribution >= 4 is 43.5 Å². The predicted octanol–water partition coefficient (Wildman–Crippen LogP) is 3.62. The monoisotopic (exact) mass is 617 g/mol. The van der Waals surface area contributed by atoms with Crippen molar-refractivity contribution in [3.63, 3.8) is 0 Å². The van der Waals surface area contributed by atoms with Gasteiger partial charge in [0.25, 0.3) is 0 Å². The molecule has 9 nitrogen and oxygen atoms in total. The van der Waals surface area contributed by atoms with Crippen molar-refractivity contribution < 1.29 is 27.5 Å². The first kappa shape index (κ1) is 30.0. The summed E-state index contributed by atoms with van der Waals surface area (Å²) in [5, 5.41) is 2.66. The molecule has 3 aromatic carbocycles. The molecule has 3 rings (SSSR count). The van der Waals surface area contributed by atoms with Crippen LogP contribution in [0.25, 0.3) is 0 Å². The molecule has 0 aromatic heterocycles. The minimum Gasteiger partial charge on any atom is -0.497 e. The van der Waals surface area contributed by atoms with Crippen LogP contribution in [-0.2, 0) is 32.6 Å². The van der Waals surface area contributed by atoms with Gasteiger partial charge in [0, 0.05) is 30.6 Å². The van der Waals surface area contributed by atoms with Crippen LogP contribution in [0.5, 0.6) is 11.5 Å². The normalized spacial score (nSPS) is 11.8. The van der Waals surface area contributed by atoms with E-state index < -0.39 is 28.5 Å². The zero-order valence-corrected chi connectivity index (χ0v) is 24.7. The highest BCUT2D eigenvalue weighted by Crippen LogP contribution is 2.34. The van der Waals surface area contributed by atoms with E-state index in [9.17, 15) is 18.0 Å². The van der Waals surface area contributed by atoms with E-state index >= 15 is 0 Å². The van der Waals surface area contributed by atoms with Crippen LogP contribution in [0.3, 0.4) is 0 Å². The zero-order valence-electron chi connectivity index (χ0n) is 22.3. The maximum atomic E-state index is 14.0. The van der Waals surface area contributed by atoms with Crippen LogP contribution in [0.1, 0.15) is 11.1 Å². The Kier molecular flexibility index (Phi) is 10.4. The molecule has 0 saturated carbocycles. The van der Waals surface area contributed by atoms with Gasteiger partial charge in [0.15, 0.2) is 0 Å². The zero-order chi connectivity index (χ0) is 28.6. The number of nitrogens with zero attached hydrogens (tertiary/aromatic N) is 2. The molecular formula is C28H32BrN3O6S. The van der Waals surface area contributed by atoms with Gasteiger partial charge in [0.05, 0.1) is 26.2 Å². The lowest BCUT2D eigenvalue weighted by Crippen LogP contribution is -2.52. The summed E-state index contributed by atoms with van der Waals surface area (Å²) in [6, 6.07) is 20.5. The Morgan fingerprint density at radius 2 is 1.62 bits per heavy atom. The molecule has 11 heteroatoms. The van der Waals surface area contributed by atoms with Gasteiger partial charge in [-0.2, -0.15) is 0 Å². The fraction of sp³-hybridized carbons (Fsp3) is 0.286. The summed E-state index contributed by atoms with van der Waals surface area (Å²) in [5.74, 6) is -0.279. The van der Waals surface area contributed by atoms with Crippen molar-refractivity contribution in [3.05, 3.63) is 88.4 Å². The molecule has 0 spiro atoms. The predicted molar refractivity (Wildman–Crippen MR) is 154 cm³/mol. The fourth-order valence-electron chi connectivity index (χ4n) is 4.09. The first-order valence-corrected chi connectivity index (χ1v) is 14.7. The molecule has 2 amide bonds. The molecule has 0 fully saturated rings. The van der Waals surface area contributed by atoms with E-state index in [-0.39, 0.29) is 30.3 Å². The number of nitrogens with one attached hydrogen (secondary N) is 1. The van der Waals surface area contributed by atoms with E-state index in [1.807, 2.05) is 54.6 Å². The van der Waals surface area contributed by atoms with Gasteiger partial charge in [-0.3, -0.25) is 13.9 Å². The molecule has 39 heavy (non-hydrogen) atoms. The number of hydrogen-bond donors (Lipinski definition) is 1. The smallest absolute Gasteiger partial charge is 0.244 e. The van der Waals surface area contributed by atoms with Crippen LogP contribution in [-0.4, -0.2) is 65.2 Å². The molecule has 3 aromatic rings. The third-order valence-electron chi connectivity index (χ3n) is 6.12. The molecule has 0 aliphatic heterocycles. The summed E-state index contributed by atoms with van der Waals surface area (Å²) in [5.41, 5.74) is 1.78. The Morgan fingerprint density at radius 1 is 0.949 bits per heavy atom. The van der Waals surface area contributed by atoms with Gasteiger partial charge >= 0.3 is 0 Å². The number of hydrogen-bond acceptors (Lipinski definition) is 6. The first-order chi connectivity index (χ1) is 18.6. The lowest BCUT2D eigenvalue weighted by Gasteiger charge is -2.33. The number of methoxy groups -OCH3 is 2. The minimum atomic E-state index is -3.95. The summed E-state index contributed by atoms with van der Waals surface area (Å²) in [6.45, 7) is -0.467. The molecule has 1 N–H and O–H groups in total. The van der Waals surface area contributed by atoms with Gasteiger partial charge in [0.1, 0.15) is 24.1 Å². The van der Waals surface area contributed by atoms with E-state index in [1.54, 1.807) is 12.1 Å². The van der Waals surface area contributed by atoms with E-state index in [2.05, 4.69) is 21.2 Å². The number of anilines is 1. The Balaban J connectivity index is 2.07. The third kappa shape index (κ3) is 7.96. The Bertz CT molecular complexity index is 1380. The molecule has 0 saturated heterocycles. The molecule has 0 aliphatic carbocycles. The molecule has 208 valence electrons. The summed E-state index contributed by atoms with van der Waals surface area (Å²) >= 11 is 3.41. The fourth-order valence-corrected chi connectivity index (χ4v) is 5.20. The number of sulfonamides is 1. The Labute approximate surface area is 237 Å². The van der Waals surface area contributed by atoms with Crippen LogP contribution in [0.2, 0.25) is 0 Å². The number of likely N-dealkylation sites (N-methyl/N-ethyl adjacent to an activating group) is 1. The van der Waals surface area contributed by atoms with Crippen LogP contribution < -0.4 is 19.1 Å². The van der Waals surface area contributed by atoms with Crippen molar-refractivity contribution in [2.24, 2.45) is 0 Å². The summed E-state index contributed by atoms with van der Waals surface area (Å²) in [4.78, 5) is 28.6. The molecule has 1 atom stereocenters. The highest BCUT2D eigenvalue weighted by molar-refractivity contribution is 9.10. The number of halogens is 1. The molecular weight excluding hydrogens is 586 g/mol. The maximum absolute atomic E-state index is 14.0. The van der Waals surface area contributed by atoms with Gasteiger partial charge in [-0.05, 0) is 35.4 Å². The van der Waals surface area contributed by atoms with Crippen LogP contribution >= 0.6 is 15.9 Å². The average Bonchev–Trinajstić information content (AvgIpc) is 2.93. The lowest BCUT2D eigenvalue weighted by molar-refractivity contribution is -0.139. The standard InChI is InChI=1S/C28H32BrN3O6S/c1-30-28(34)25(16-20-8-6-5-7-9-20)31(18-21-10-12-22(29)13-11-21)27(33)19-32(39(4,35)36)24-17-23(37-2)14-15-26(24)38-3/h5-15,17,25H,16,18-19H2,1-4H3,(H,30,34). The summed E-state index contributed by atoms with van der Waals surface area (Å²) in [6.07, 6.45) is 1.25. The molecule has 0 bridgehead atoms. The summed E-state index contributed by atoms with van der Waals surface area (Å²) in [7, 11) is 0.426. The number of ether oxygens (including phenoxy) is 2. The van der Waals surface area contributed by atoms with Gasteiger partial charge in [-0.25, -0.2) is 8.42 Å². The van der Waals surface area contributed by atoms with Gasteiger partial charge in [-0.15, -0.1) is 0 Å². The number of carbonyl (C=O) groups excluding carboxylic acids is 2. The summed E-state index contributed by atoms with van der Waals surface area (Å²) < 4.78 is 38.5. The number of rotatable bonds is 12. The van der Waals surface area contributed by atoms with Gasteiger partial charge in [0.2, 0.25) is 21.8 Å². The van der Waals surface area contributed by atoms with Crippen LogP contribution in [0, 0.1) is 0 Å². The van der Waals surface area contributed by atoms with Gasteiger partial charge < -0.3 is 19.7 Å². The van der Waals surface area contributed by atoms with Crippen molar-refractivity contribution in [2.45, 2.75) is 19.0 Å². The molecule has 1 unspecified atom stereocenters. The largest absolute Gasteiger partial charge is 0.497 e. The molecule has 0 aliphatic rings. The van der Waals surface area contributed by atoms with E-state index in [0.717, 1.165) is 26.2 Å². The van der Waals surface area contributed by atoms with E-state index in [4.69, 9.17) is 9.47 Å². The van der Waals surface area contributed by atoms with Crippen LogP contribution in [0.4, 0.5) is 5.69 Å². The Morgan fingerprint density at radius 3 is 2.18 bits per heavy atom. The average molecular weight is 619 g/mol. The van der Waals surface area contributed by atoms with Gasteiger partial charge in [-0.1, -0.05) is 58.4 Å². The number of benzene rings is 3. The second kappa shape index (κ2) is 13.5. The van der Waals surface area contributed by atoms with Crippen LogP contribution in [0.15, 0.2) is 77.3 Å². The Hall–Kier alpha value is -3.57. The molecule has 0 heterocycles. The first-order valence-electron chi connectivity index (χ1n) is 12.1. The third-order valence-corrected chi connectivity index (χ3v) is 7.77. The number of carbonyl (C=O) groups is 2. The SMILES string of the molecule is CNC(=O)C(Cc1ccccc1)N(Cc1ccc(Br)cc1)C(=O)CN(c1cc(OC)ccc1OC)S(C)(=O)=O. The quantitative estimate of drug-likeness (QED) is 0.333. The topological polar surface area (TPSA) is 105 Å². The van der Waals surface area contributed by atoms with Crippen molar-refractivity contribution in [1.29, 1.82) is 0 Å². The van der Waals surface area contributed by atoms with E-state index in [1.165, 1.54) is 32.2 Å². The molecule has 0 radical (unpaired) electrons. The minimum absolute atomic E-state index is 0.0872. The number of amides is 2. The second-order valence-corrected chi connectivity index (χ2v) is 11.6. The highest BCUT2D eigenvalue weighted by Gasteiger charge is 2.33. The van der Waals surface area contributed by atoms with Crippen molar-refractivity contribution in [2.75, 3.05) is 38.4 Å². The second-order valence-electron chi connectivity index (χ2n) is 8.78. The van der Waals surface area contributed by atoms with E-state index in [0.29, 0.717) is 5.75 Å². The lowest BCUT2D eigenvalue weighted by atomic mass is 10.0.